The molecule has 0 aliphatic carbocycles. The number of aromatic nitrogens is 3. The highest BCUT2D eigenvalue weighted by molar-refractivity contribution is 5.87. The summed E-state index contributed by atoms with van der Waals surface area (Å²) in [4.78, 5) is 22.9. The number of carbonyl (C=O) groups excluding carboxylic acids is 1. The molecule has 8 nitrogen and oxygen atoms in total. The Balaban J connectivity index is 2.73. The third kappa shape index (κ3) is 3.77. The lowest BCUT2D eigenvalue weighted by Gasteiger charge is -2.14. The van der Waals surface area contributed by atoms with Crippen LogP contribution in [0.3, 0.4) is 0 Å². The average molecular weight is 283 g/mol. The van der Waals surface area contributed by atoms with E-state index in [-0.39, 0.29) is 23.8 Å². The zero-order valence-corrected chi connectivity index (χ0v) is 11.8. The van der Waals surface area contributed by atoms with Crippen LogP contribution in [-0.4, -0.2) is 38.5 Å². The Morgan fingerprint density at radius 3 is 2.70 bits per heavy atom. The van der Waals surface area contributed by atoms with Crippen molar-refractivity contribution < 1.29 is 14.7 Å². The maximum absolute atomic E-state index is 12.0. The number of carboxylic acid groups (broad SMARTS) is 1. The smallest absolute Gasteiger partial charge is 0.358 e. The molecule has 0 saturated heterocycles. The molecule has 0 spiro atoms. The maximum atomic E-state index is 12.0. The second-order valence-electron chi connectivity index (χ2n) is 4.51. The molecule has 0 fully saturated rings. The van der Waals surface area contributed by atoms with Gasteiger partial charge in [0.05, 0.1) is 5.69 Å². The molecule has 0 aliphatic rings. The first-order valence-corrected chi connectivity index (χ1v) is 6.68. The number of carboxylic acids is 1. The van der Waals surface area contributed by atoms with E-state index in [9.17, 15) is 9.59 Å². The molecule has 4 N–H and O–H groups in total. The van der Waals surface area contributed by atoms with Crippen molar-refractivity contribution in [3.05, 3.63) is 11.4 Å². The Kier molecular flexibility index (Phi) is 6.10. The Morgan fingerprint density at radius 1 is 1.45 bits per heavy atom. The van der Waals surface area contributed by atoms with Gasteiger partial charge >= 0.3 is 5.97 Å². The van der Waals surface area contributed by atoms with Crippen molar-refractivity contribution in [2.75, 3.05) is 6.54 Å². The molecule has 20 heavy (non-hydrogen) atoms. The fraction of sp³-hybridized carbons (Fsp3) is 0.667. The summed E-state index contributed by atoms with van der Waals surface area (Å²) < 4.78 is 1.26. The number of unbranched alkanes of at least 4 members (excludes halogenated alkanes) is 2. The van der Waals surface area contributed by atoms with Gasteiger partial charge in [0.2, 0.25) is 5.91 Å². The number of hydrogen-bond acceptors (Lipinski definition) is 5. The average Bonchev–Trinajstić information content (AvgIpc) is 2.86. The third-order valence-corrected chi connectivity index (χ3v) is 3.01. The summed E-state index contributed by atoms with van der Waals surface area (Å²) in [6.07, 6.45) is 3.04. The molecular formula is C12H21N5O3. The van der Waals surface area contributed by atoms with Crippen molar-refractivity contribution >= 4 is 11.9 Å². The molecule has 1 heterocycles. The Morgan fingerprint density at radius 2 is 2.15 bits per heavy atom. The predicted molar refractivity (Wildman–Crippen MR) is 72.1 cm³/mol. The van der Waals surface area contributed by atoms with Gasteiger partial charge in [0, 0.05) is 13.1 Å². The highest BCUT2D eigenvalue weighted by Crippen LogP contribution is 2.12. The number of aromatic carboxylic acids is 1. The van der Waals surface area contributed by atoms with Gasteiger partial charge in [-0.3, -0.25) is 4.79 Å². The molecule has 8 heteroatoms. The van der Waals surface area contributed by atoms with Crippen LogP contribution >= 0.6 is 0 Å². The SMILES string of the molecule is CCCCCNC(=O)C(C)n1nnc(C(=O)O)c1CN. The van der Waals surface area contributed by atoms with Crippen LogP contribution in [0.5, 0.6) is 0 Å². The minimum atomic E-state index is -1.20. The minimum absolute atomic E-state index is 0.0396. The van der Waals surface area contributed by atoms with E-state index in [1.165, 1.54) is 4.68 Å². The number of hydrogen-bond donors (Lipinski definition) is 3. The summed E-state index contributed by atoms with van der Waals surface area (Å²) in [5.41, 5.74) is 5.55. The van der Waals surface area contributed by atoms with Crippen molar-refractivity contribution in [3.63, 3.8) is 0 Å². The van der Waals surface area contributed by atoms with E-state index in [0.29, 0.717) is 6.54 Å². The van der Waals surface area contributed by atoms with E-state index in [2.05, 4.69) is 22.6 Å². The molecule has 1 amide bonds. The Hall–Kier alpha value is -1.96. The lowest BCUT2D eigenvalue weighted by Crippen LogP contribution is -2.33. The van der Waals surface area contributed by atoms with Gasteiger partial charge in [-0.2, -0.15) is 0 Å². The van der Waals surface area contributed by atoms with Gasteiger partial charge < -0.3 is 16.2 Å². The van der Waals surface area contributed by atoms with Gasteiger partial charge in [-0.05, 0) is 13.3 Å². The summed E-state index contributed by atoms with van der Waals surface area (Å²) in [7, 11) is 0. The molecule has 112 valence electrons. The van der Waals surface area contributed by atoms with E-state index in [1.54, 1.807) is 6.92 Å². The zero-order valence-electron chi connectivity index (χ0n) is 11.8. The second-order valence-corrected chi connectivity index (χ2v) is 4.51. The van der Waals surface area contributed by atoms with Crippen LogP contribution in [0.1, 0.15) is 55.3 Å². The van der Waals surface area contributed by atoms with Crippen LogP contribution in [0, 0.1) is 0 Å². The van der Waals surface area contributed by atoms with Crippen LogP contribution in [0.25, 0.3) is 0 Å². The van der Waals surface area contributed by atoms with Crippen molar-refractivity contribution in [1.82, 2.24) is 20.3 Å². The molecule has 1 aromatic rings. The van der Waals surface area contributed by atoms with Gasteiger partial charge in [0.15, 0.2) is 5.69 Å². The first-order valence-electron chi connectivity index (χ1n) is 6.68. The molecule has 0 aromatic carbocycles. The minimum Gasteiger partial charge on any atom is -0.476 e. The van der Waals surface area contributed by atoms with Gasteiger partial charge in [-0.15, -0.1) is 5.10 Å². The molecule has 0 radical (unpaired) electrons. The number of rotatable bonds is 8. The van der Waals surface area contributed by atoms with Crippen LogP contribution < -0.4 is 11.1 Å². The van der Waals surface area contributed by atoms with Crippen LogP contribution in [0.4, 0.5) is 0 Å². The number of nitrogens with two attached hydrogens (primary N) is 1. The van der Waals surface area contributed by atoms with Crippen molar-refractivity contribution in [2.45, 2.75) is 45.7 Å². The molecule has 0 aliphatic heterocycles. The Labute approximate surface area is 117 Å². The van der Waals surface area contributed by atoms with Crippen molar-refractivity contribution in [2.24, 2.45) is 5.73 Å². The van der Waals surface area contributed by atoms with E-state index >= 15 is 0 Å². The lowest BCUT2D eigenvalue weighted by molar-refractivity contribution is -0.124. The number of nitrogens with one attached hydrogen (secondary N) is 1. The quantitative estimate of drug-likeness (QED) is 0.590. The van der Waals surface area contributed by atoms with Gasteiger partial charge in [-0.1, -0.05) is 25.0 Å². The summed E-state index contributed by atoms with van der Waals surface area (Å²) in [5.74, 6) is -1.43. The lowest BCUT2D eigenvalue weighted by atomic mass is 10.2. The number of amides is 1. The molecular weight excluding hydrogens is 262 g/mol. The van der Waals surface area contributed by atoms with Gasteiger partial charge in [-0.25, -0.2) is 9.48 Å². The number of carbonyl (C=O) groups is 2. The summed E-state index contributed by atoms with van der Waals surface area (Å²) >= 11 is 0. The summed E-state index contributed by atoms with van der Waals surface area (Å²) in [6, 6.07) is -0.643. The highest BCUT2D eigenvalue weighted by Gasteiger charge is 2.24. The maximum Gasteiger partial charge on any atom is 0.358 e. The van der Waals surface area contributed by atoms with E-state index in [4.69, 9.17) is 10.8 Å². The number of nitrogens with zero attached hydrogens (tertiary/aromatic N) is 3. The van der Waals surface area contributed by atoms with Gasteiger partial charge in [0.25, 0.3) is 0 Å². The second kappa shape index (κ2) is 7.59. The molecule has 0 saturated carbocycles. The topological polar surface area (TPSA) is 123 Å². The molecule has 0 bridgehead atoms. The molecule has 1 aromatic heterocycles. The standard InChI is InChI=1S/C12H21N5O3/c1-3-4-5-6-14-11(18)8(2)17-9(7-13)10(12(19)20)15-16-17/h8H,3-7,13H2,1-2H3,(H,14,18)(H,19,20). The van der Waals surface area contributed by atoms with Crippen LogP contribution in [-0.2, 0) is 11.3 Å². The van der Waals surface area contributed by atoms with E-state index in [0.717, 1.165) is 19.3 Å². The zero-order chi connectivity index (χ0) is 15.1. The van der Waals surface area contributed by atoms with E-state index in [1.807, 2.05) is 0 Å². The van der Waals surface area contributed by atoms with Crippen LogP contribution in [0.2, 0.25) is 0 Å². The normalized spacial score (nSPS) is 12.2. The highest BCUT2D eigenvalue weighted by atomic mass is 16.4. The fourth-order valence-corrected chi connectivity index (χ4v) is 1.83. The molecule has 1 atom stereocenters. The van der Waals surface area contributed by atoms with E-state index < -0.39 is 12.0 Å². The Bertz CT molecular complexity index is 472. The van der Waals surface area contributed by atoms with Gasteiger partial charge in [0.1, 0.15) is 6.04 Å². The van der Waals surface area contributed by atoms with Crippen LogP contribution in [0.15, 0.2) is 0 Å². The molecule has 1 rings (SSSR count). The first kappa shape index (κ1) is 16.1. The first-order chi connectivity index (χ1) is 9.52. The largest absolute Gasteiger partial charge is 0.476 e. The predicted octanol–water partition coefficient (Wildman–Crippen LogP) is 0.302. The fourth-order valence-electron chi connectivity index (χ4n) is 1.83. The summed E-state index contributed by atoms with van der Waals surface area (Å²) in [6.45, 7) is 4.27. The summed E-state index contributed by atoms with van der Waals surface area (Å²) in [5, 5.41) is 19.0. The third-order valence-electron chi connectivity index (χ3n) is 3.01. The van der Waals surface area contributed by atoms with Crippen molar-refractivity contribution in [3.8, 4) is 0 Å². The molecule has 1 unspecified atom stereocenters. The monoisotopic (exact) mass is 283 g/mol. The van der Waals surface area contributed by atoms with Crippen molar-refractivity contribution in [1.29, 1.82) is 0 Å².